The van der Waals surface area contributed by atoms with Crippen molar-refractivity contribution in [1.82, 2.24) is 0 Å². The molecule has 98 valence electrons. The van der Waals surface area contributed by atoms with Crippen LogP contribution in [0.1, 0.15) is 30.9 Å². The van der Waals surface area contributed by atoms with Crippen molar-refractivity contribution in [2.24, 2.45) is 0 Å². The van der Waals surface area contributed by atoms with E-state index in [-0.39, 0.29) is 0 Å². The van der Waals surface area contributed by atoms with Gasteiger partial charge in [-0.15, -0.1) is 0 Å². The number of nitrogens with zero attached hydrogens (tertiary/aromatic N) is 1. The van der Waals surface area contributed by atoms with E-state index in [1.807, 2.05) is 19.1 Å². The standard InChI is InChI=1S/C15H21NO2/c1-4-5-10-16(3)14-8-6-13(12(2)11-14)7-9-15(17)18/h6-9,11H,4-5,10H2,1-3H3,(H,17,18)/b9-7+. The molecule has 1 rings (SSSR count). The van der Waals surface area contributed by atoms with Gasteiger partial charge in [-0.05, 0) is 42.7 Å². The van der Waals surface area contributed by atoms with Crippen LogP contribution in [0.5, 0.6) is 0 Å². The molecule has 0 unspecified atom stereocenters. The molecule has 0 aliphatic carbocycles. The van der Waals surface area contributed by atoms with Crippen LogP contribution < -0.4 is 4.90 Å². The minimum atomic E-state index is -0.918. The van der Waals surface area contributed by atoms with Crippen LogP contribution in [0.2, 0.25) is 0 Å². The summed E-state index contributed by atoms with van der Waals surface area (Å²) in [7, 11) is 2.08. The Bertz CT molecular complexity index is 438. The third-order valence-corrected chi connectivity index (χ3v) is 2.95. The number of benzene rings is 1. The van der Waals surface area contributed by atoms with Crippen molar-refractivity contribution in [1.29, 1.82) is 0 Å². The second-order valence-corrected chi connectivity index (χ2v) is 4.49. The SMILES string of the molecule is CCCCN(C)c1ccc(/C=C/C(=O)O)c(C)c1. The molecule has 18 heavy (non-hydrogen) atoms. The number of rotatable bonds is 6. The van der Waals surface area contributed by atoms with E-state index < -0.39 is 5.97 Å². The predicted molar refractivity (Wildman–Crippen MR) is 76.0 cm³/mol. The molecule has 1 N–H and O–H groups in total. The number of unbranched alkanes of at least 4 members (excludes halogenated alkanes) is 1. The van der Waals surface area contributed by atoms with Crippen LogP contribution in [0.4, 0.5) is 5.69 Å². The molecule has 3 nitrogen and oxygen atoms in total. The van der Waals surface area contributed by atoms with E-state index in [9.17, 15) is 4.79 Å². The molecule has 0 saturated heterocycles. The molecule has 0 radical (unpaired) electrons. The van der Waals surface area contributed by atoms with E-state index >= 15 is 0 Å². The average molecular weight is 247 g/mol. The maximum Gasteiger partial charge on any atom is 0.328 e. The lowest BCUT2D eigenvalue weighted by Gasteiger charge is -2.20. The van der Waals surface area contributed by atoms with Gasteiger partial charge in [0.25, 0.3) is 0 Å². The van der Waals surface area contributed by atoms with Crippen LogP contribution in [0, 0.1) is 6.92 Å². The molecule has 0 bridgehead atoms. The molecule has 1 aromatic carbocycles. The summed E-state index contributed by atoms with van der Waals surface area (Å²) >= 11 is 0. The minimum absolute atomic E-state index is 0.918. The third-order valence-electron chi connectivity index (χ3n) is 2.95. The second kappa shape index (κ2) is 6.84. The summed E-state index contributed by atoms with van der Waals surface area (Å²) < 4.78 is 0. The number of carboxylic acid groups (broad SMARTS) is 1. The van der Waals surface area contributed by atoms with E-state index in [0.29, 0.717) is 0 Å². The van der Waals surface area contributed by atoms with Crippen LogP contribution >= 0.6 is 0 Å². The summed E-state index contributed by atoms with van der Waals surface area (Å²) in [5.74, 6) is -0.918. The van der Waals surface area contributed by atoms with Crippen LogP contribution in [0.15, 0.2) is 24.3 Å². The zero-order valence-electron chi connectivity index (χ0n) is 11.3. The second-order valence-electron chi connectivity index (χ2n) is 4.49. The summed E-state index contributed by atoms with van der Waals surface area (Å²) in [6.45, 7) is 5.22. The highest BCUT2D eigenvalue weighted by atomic mass is 16.4. The first-order valence-electron chi connectivity index (χ1n) is 6.27. The number of anilines is 1. The van der Waals surface area contributed by atoms with Gasteiger partial charge in [-0.1, -0.05) is 19.4 Å². The Morgan fingerprint density at radius 1 is 1.44 bits per heavy atom. The van der Waals surface area contributed by atoms with Gasteiger partial charge in [0, 0.05) is 25.4 Å². The van der Waals surface area contributed by atoms with Crippen molar-refractivity contribution < 1.29 is 9.90 Å². The minimum Gasteiger partial charge on any atom is -0.478 e. The maximum absolute atomic E-state index is 10.5. The Balaban J connectivity index is 2.81. The molecular formula is C15H21NO2. The summed E-state index contributed by atoms with van der Waals surface area (Å²) in [4.78, 5) is 12.7. The normalized spacial score (nSPS) is 10.8. The molecule has 0 fully saturated rings. The number of aliphatic carboxylic acids is 1. The summed E-state index contributed by atoms with van der Waals surface area (Å²) in [6.07, 6.45) is 5.16. The fraction of sp³-hybridized carbons (Fsp3) is 0.400. The van der Waals surface area contributed by atoms with E-state index in [1.54, 1.807) is 6.08 Å². The molecule has 0 heterocycles. The fourth-order valence-electron chi connectivity index (χ4n) is 1.77. The molecule has 1 aromatic rings. The topological polar surface area (TPSA) is 40.5 Å². The van der Waals surface area contributed by atoms with E-state index in [4.69, 9.17) is 5.11 Å². The molecule has 0 spiro atoms. The van der Waals surface area contributed by atoms with Gasteiger partial charge in [0.2, 0.25) is 0 Å². The highest BCUT2D eigenvalue weighted by Crippen LogP contribution is 2.19. The average Bonchev–Trinajstić information content (AvgIpc) is 2.34. The summed E-state index contributed by atoms with van der Waals surface area (Å²) in [5.41, 5.74) is 3.21. The van der Waals surface area contributed by atoms with Crippen molar-refractivity contribution >= 4 is 17.7 Å². The van der Waals surface area contributed by atoms with Gasteiger partial charge in [0.1, 0.15) is 0 Å². The molecule has 0 aliphatic rings. The van der Waals surface area contributed by atoms with Crippen LogP contribution in [0.25, 0.3) is 6.08 Å². The van der Waals surface area contributed by atoms with Gasteiger partial charge in [0.05, 0.1) is 0 Å². The largest absolute Gasteiger partial charge is 0.478 e. The first-order chi connectivity index (χ1) is 8.54. The smallest absolute Gasteiger partial charge is 0.328 e. The van der Waals surface area contributed by atoms with Crippen molar-refractivity contribution in [3.63, 3.8) is 0 Å². The molecule has 3 heteroatoms. The first-order valence-corrected chi connectivity index (χ1v) is 6.27. The van der Waals surface area contributed by atoms with Gasteiger partial charge in [0.15, 0.2) is 0 Å². The summed E-state index contributed by atoms with van der Waals surface area (Å²) in [5, 5.41) is 8.61. The molecule has 0 aromatic heterocycles. The maximum atomic E-state index is 10.5. The molecular weight excluding hydrogens is 226 g/mol. The van der Waals surface area contributed by atoms with Crippen molar-refractivity contribution in [2.75, 3.05) is 18.5 Å². The van der Waals surface area contributed by atoms with Gasteiger partial charge in [-0.3, -0.25) is 0 Å². The van der Waals surface area contributed by atoms with E-state index in [2.05, 4.69) is 24.9 Å². The van der Waals surface area contributed by atoms with Crippen LogP contribution in [0.3, 0.4) is 0 Å². The van der Waals surface area contributed by atoms with Crippen LogP contribution in [-0.2, 0) is 4.79 Å². The predicted octanol–water partition coefficient (Wildman–Crippen LogP) is 3.33. The van der Waals surface area contributed by atoms with Gasteiger partial charge in [-0.25, -0.2) is 4.79 Å². The number of aryl methyl sites for hydroxylation is 1. The highest BCUT2D eigenvalue weighted by molar-refractivity contribution is 5.85. The number of carboxylic acids is 1. The zero-order chi connectivity index (χ0) is 13.5. The fourth-order valence-corrected chi connectivity index (χ4v) is 1.77. The first kappa shape index (κ1) is 14.3. The Kier molecular flexibility index (Phi) is 5.43. The Labute approximate surface area is 109 Å². The van der Waals surface area contributed by atoms with Gasteiger partial charge < -0.3 is 10.0 Å². The molecule has 0 amide bonds. The Morgan fingerprint density at radius 2 is 2.17 bits per heavy atom. The lowest BCUT2D eigenvalue weighted by Crippen LogP contribution is -2.18. The quantitative estimate of drug-likeness (QED) is 0.784. The zero-order valence-corrected chi connectivity index (χ0v) is 11.3. The van der Waals surface area contributed by atoms with E-state index in [1.165, 1.54) is 24.6 Å². The molecule has 0 aliphatic heterocycles. The Morgan fingerprint density at radius 3 is 2.72 bits per heavy atom. The third kappa shape index (κ3) is 4.24. The molecule has 0 atom stereocenters. The number of hydrogen-bond acceptors (Lipinski definition) is 2. The molecule has 0 saturated carbocycles. The van der Waals surface area contributed by atoms with E-state index in [0.717, 1.165) is 17.7 Å². The number of hydrogen-bond donors (Lipinski definition) is 1. The summed E-state index contributed by atoms with van der Waals surface area (Å²) in [6, 6.07) is 6.09. The lowest BCUT2D eigenvalue weighted by atomic mass is 10.1. The van der Waals surface area contributed by atoms with Crippen molar-refractivity contribution in [3.05, 3.63) is 35.4 Å². The lowest BCUT2D eigenvalue weighted by molar-refractivity contribution is -0.131. The van der Waals surface area contributed by atoms with Crippen molar-refractivity contribution in [2.45, 2.75) is 26.7 Å². The monoisotopic (exact) mass is 247 g/mol. The number of carbonyl (C=O) groups is 1. The Hall–Kier alpha value is -1.77. The van der Waals surface area contributed by atoms with Crippen molar-refractivity contribution in [3.8, 4) is 0 Å². The van der Waals surface area contributed by atoms with Gasteiger partial charge in [-0.2, -0.15) is 0 Å². The van der Waals surface area contributed by atoms with Gasteiger partial charge >= 0.3 is 5.97 Å². The van der Waals surface area contributed by atoms with Crippen LogP contribution in [-0.4, -0.2) is 24.7 Å². The highest BCUT2D eigenvalue weighted by Gasteiger charge is 2.02.